The van der Waals surface area contributed by atoms with Crippen molar-refractivity contribution < 1.29 is 0 Å². The minimum Gasteiger partial charge on any atom is -0.370 e. The van der Waals surface area contributed by atoms with Crippen molar-refractivity contribution in [2.75, 3.05) is 11.9 Å². The van der Waals surface area contributed by atoms with Gasteiger partial charge in [0.1, 0.15) is 5.82 Å². The summed E-state index contributed by atoms with van der Waals surface area (Å²) in [6, 6.07) is 3.90. The highest BCUT2D eigenvalue weighted by molar-refractivity contribution is 7.98. The van der Waals surface area contributed by atoms with Gasteiger partial charge in [-0.1, -0.05) is 6.92 Å². The van der Waals surface area contributed by atoms with Gasteiger partial charge in [0, 0.05) is 41.6 Å². The topological polar surface area (TPSA) is 50.7 Å². The first-order chi connectivity index (χ1) is 9.38. The molecule has 0 radical (unpaired) electrons. The van der Waals surface area contributed by atoms with E-state index in [1.54, 1.807) is 12.4 Å². The molecule has 4 nitrogen and oxygen atoms in total. The van der Waals surface area contributed by atoms with Gasteiger partial charge in [-0.15, -0.1) is 0 Å². The lowest BCUT2D eigenvalue weighted by molar-refractivity contribution is 0.955. The minimum absolute atomic E-state index is 0.794. The Morgan fingerprint density at radius 3 is 2.84 bits per heavy atom. The maximum Gasteiger partial charge on any atom is 0.161 e. The van der Waals surface area contributed by atoms with Gasteiger partial charge in [-0.2, -0.15) is 11.8 Å². The number of nitrogens with zero attached hydrogens (tertiary/aromatic N) is 3. The molecule has 3 rings (SSSR count). The van der Waals surface area contributed by atoms with Crippen molar-refractivity contribution in [3.8, 4) is 11.4 Å². The second kappa shape index (κ2) is 5.57. The smallest absolute Gasteiger partial charge is 0.161 e. The average molecular weight is 272 g/mol. The van der Waals surface area contributed by atoms with Crippen LogP contribution in [0.25, 0.3) is 11.4 Å². The monoisotopic (exact) mass is 272 g/mol. The molecule has 3 heterocycles. The Hall–Kier alpha value is -1.62. The zero-order chi connectivity index (χ0) is 13.1. The summed E-state index contributed by atoms with van der Waals surface area (Å²) in [7, 11) is 0. The first-order valence-electron chi connectivity index (χ1n) is 6.50. The molecular formula is C14H16N4S. The van der Waals surface area contributed by atoms with Crippen LogP contribution in [0.15, 0.2) is 24.5 Å². The van der Waals surface area contributed by atoms with E-state index < -0.39 is 0 Å². The van der Waals surface area contributed by atoms with Crippen LogP contribution in [-0.2, 0) is 11.5 Å². The van der Waals surface area contributed by atoms with Gasteiger partial charge < -0.3 is 5.32 Å². The molecule has 0 aromatic carbocycles. The molecule has 0 unspecified atom stereocenters. The molecule has 19 heavy (non-hydrogen) atoms. The van der Waals surface area contributed by atoms with Gasteiger partial charge in [0.2, 0.25) is 0 Å². The van der Waals surface area contributed by atoms with Crippen LogP contribution in [0.5, 0.6) is 0 Å². The fourth-order valence-corrected chi connectivity index (χ4v) is 3.11. The maximum absolute atomic E-state index is 4.69. The van der Waals surface area contributed by atoms with Crippen LogP contribution >= 0.6 is 11.8 Å². The van der Waals surface area contributed by atoms with Gasteiger partial charge in [0.05, 0.1) is 5.69 Å². The van der Waals surface area contributed by atoms with Crippen LogP contribution in [0.3, 0.4) is 0 Å². The normalized spacial score (nSPS) is 13.3. The molecule has 0 amide bonds. The van der Waals surface area contributed by atoms with E-state index in [9.17, 15) is 0 Å². The molecule has 1 aliphatic rings. The molecule has 0 bridgehead atoms. The van der Waals surface area contributed by atoms with Crippen molar-refractivity contribution in [1.82, 2.24) is 15.0 Å². The van der Waals surface area contributed by atoms with Crippen molar-refractivity contribution in [3.05, 3.63) is 35.8 Å². The average Bonchev–Trinajstić information content (AvgIpc) is 2.94. The number of fused-ring (bicyclic) bond motifs is 1. The second-order valence-electron chi connectivity index (χ2n) is 4.48. The van der Waals surface area contributed by atoms with Gasteiger partial charge >= 0.3 is 0 Å². The predicted octanol–water partition coefficient (Wildman–Crippen LogP) is 3.11. The van der Waals surface area contributed by atoms with Crippen molar-refractivity contribution in [1.29, 1.82) is 0 Å². The molecule has 0 spiro atoms. The SMILES string of the molecule is CCCNc1nc(-c2ccncc2)nc2c1CSC2. The third-order valence-corrected chi connectivity index (χ3v) is 4.03. The van der Waals surface area contributed by atoms with E-state index in [0.29, 0.717) is 0 Å². The molecule has 0 saturated heterocycles. The van der Waals surface area contributed by atoms with E-state index in [4.69, 9.17) is 4.98 Å². The van der Waals surface area contributed by atoms with E-state index in [2.05, 4.69) is 22.2 Å². The lowest BCUT2D eigenvalue weighted by Gasteiger charge is -2.11. The Balaban J connectivity index is 2.02. The number of thioether (sulfide) groups is 1. The fourth-order valence-electron chi connectivity index (χ4n) is 2.07. The Labute approximate surface area is 117 Å². The highest BCUT2D eigenvalue weighted by Gasteiger charge is 2.19. The van der Waals surface area contributed by atoms with Gasteiger partial charge in [-0.25, -0.2) is 9.97 Å². The molecule has 2 aromatic rings. The molecule has 5 heteroatoms. The van der Waals surface area contributed by atoms with Crippen molar-refractivity contribution >= 4 is 17.6 Å². The summed E-state index contributed by atoms with van der Waals surface area (Å²) in [5.74, 6) is 3.79. The van der Waals surface area contributed by atoms with Crippen LogP contribution < -0.4 is 5.32 Å². The molecule has 0 aliphatic carbocycles. The summed E-state index contributed by atoms with van der Waals surface area (Å²) in [4.78, 5) is 13.4. The number of hydrogen-bond donors (Lipinski definition) is 1. The highest BCUT2D eigenvalue weighted by Crippen LogP contribution is 2.34. The molecule has 1 aliphatic heterocycles. The molecule has 1 N–H and O–H groups in total. The van der Waals surface area contributed by atoms with Gasteiger partial charge in [0.25, 0.3) is 0 Å². The Kier molecular flexibility index (Phi) is 3.64. The van der Waals surface area contributed by atoms with Crippen molar-refractivity contribution in [3.63, 3.8) is 0 Å². The van der Waals surface area contributed by atoms with Crippen molar-refractivity contribution in [2.45, 2.75) is 24.9 Å². The number of pyridine rings is 1. The van der Waals surface area contributed by atoms with E-state index in [-0.39, 0.29) is 0 Å². The van der Waals surface area contributed by atoms with E-state index >= 15 is 0 Å². The summed E-state index contributed by atoms with van der Waals surface area (Å²) in [6.07, 6.45) is 4.65. The molecule has 2 aromatic heterocycles. The number of rotatable bonds is 4. The first-order valence-corrected chi connectivity index (χ1v) is 7.65. The zero-order valence-electron chi connectivity index (χ0n) is 10.9. The van der Waals surface area contributed by atoms with Crippen LogP contribution in [0.4, 0.5) is 5.82 Å². The molecule has 0 saturated carbocycles. The van der Waals surface area contributed by atoms with Gasteiger partial charge in [0.15, 0.2) is 5.82 Å². The zero-order valence-corrected chi connectivity index (χ0v) is 11.7. The van der Waals surface area contributed by atoms with Crippen LogP contribution in [0, 0.1) is 0 Å². The van der Waals surface area contributed by atoms with Crippen molar-refractivity contribution in [2.24, 2.45) is 0 Å². The van der Waals surface area contributed by atoms with Gasteiger partial charge in [-0.3, -0.25) is 4.98 Å². The largest absolute Gasteiger partial charge is 0.370 e. The van der Waals surface area contributed by atoms with E-state index in [1.165, 1.54) is 11.3 Å². The number of aromatic nitrogens is 3. The van der Waals surface area contributed by atoms with E-state index in [1.807, 2.05) is 23.9 Å². The fraction of sp³-hybridized carbons (Fsp3) is 0.357. The molecule has 98 valence electrons. The summed E-state index contributed by atoms with van der Waals surface area (Å²) >= 11 is 1.90. The molecule has 0 atom stereocenters. The third-order valence-electron chi connectivity index (χ3n) is 3.06. The van der Waals surface area contributed by atoms with Crippen LogP contribution in [0.2, 0.25) is 0 Å². The Bertz CT molecular complexity index is 571. The maximum atomic E-state index is 4.69. The third kappa shape index (κ3) is 2.56. The Morgan fingerprint density at radius 1 is 1.21 bits per heavy atom. The summed E-state index contributed by atoms with van der Waals surface area (Å²) in [5.41, 5.74) is 3.47. The first kappa shape index (κ1) is 12.4. The Morgan fingerprint density at radius 2 is 2.05 bits per heavy atom. The van der Waals surface area contributed by atoms with Crippen LogP contribution in [0.1, 0.15) is 24.6 Å². The predicted molar refractivity (Wildman–Crippen MR) is 79.0 cm³/mol. The van der Waals surface area contributed by atoms with Crippen LogP contribution in [-0.4, -0.2) is 21.5 Å². The second-order valence-corrected chi connectivity index (χ2v) is 5.46. The molecular weight excluding hydrogens is 256 g/mol. The standard InChI is InChI=1S/C14H16N4S/c1-2-5-16-14-11-8-19-9-12(11)17-13(18-14)10-3-6-15-7-4-10/h3-4,6-7H,2,5,8-9H2,1H3,(H,16,17,18). The lowest BCUT2D eigenvalue weighted by Crippen LogP contribution is -2.08. The number of hydrogen-bond acceptors (Lipinski definition) is 5. The number of nitrogens with one attached hydrogen (secondary N) is 1. The highest BCUT2D eigenvalue weighted by atomic mass is 32.2. The van der Waals surface area contributed by atoms with E-state index in [0.717, 1.165) is 41.7 Å². The summed E-state index contributed by atoms with van der Waals surface area (Å²) < 4.78 is 0. The summed E-state index contributed by atoms with van der Waals surface area (Å²) in [6.45, 7) is 3.11. The lowest BCUT2D eigenvalue weighted by atomic mass is 10.2. The summed E-state index contributed by atoms with van der Waals surface area (Å²) in [5, 5.41) is 3.42. The van der Waals surface area contributed by atoms with Gasteiger partial charge in [-0.05, 0) is 18.6 Å². The quantitative estimate of drug-likeness (QED) is 0.926. The minimum atomic E-state index is 0.794. The number of anilines is 1. The molecule has 0 fully saturated rings.